The van der Waals surface area contributed by atoms with Gasteiger partial charge < -0.3 is 24.4 Å². The maximum absolute atomic E-state index is 13.8. The second-order valence-electron chi connectivity index (χ2n) is 9.10. The van der Waals surface area contributed by atoms with Crippen molar-refractivity contribution in [3.05, 3.63) is 48.0 Å². The summed E-state index contributed by atoms with van der Waals surface area (Å²) in [5.74, 6) is 0.473. The number of benzene rings is 2. The molecule has 0 aliphatic carbocycles. The Bertz CT molecular complexity index is 1230. The number of ether oxygens (including phenoxy) is 3. The van der Waals surface area contributed by atoms with E-state index in [4.69, 9.17) is 14.2 Å². The van der Waals surface area contributed by atoms with Crippen LogP contribution in [0.25, 0.3) is 0 Å². The molecule has 0 saturated carbocycles. The van der Waals surface area contributed by atoms with Crippen LogP contribution in [0, 0.1) is 0 Å². The number of nitrogens with one attached hydrogen (secondary N) is 1. The SMILES string of the molecule is CCC(C)NC(=O)C(C)N(Cc1cccc(OC)c1)C(=O)CN(c1ccc2c(c1)OCCO2)S(=O)(=O)CC. The van der Waals surface area contributed by atoms with Gasteiger partial charge in [0.05, 0.1) is 18.6 Å². The molecule has 2 aromatic carbocycles. The standard InChI is InChI=1S/C27H37N3O7S/c1-6-19(3)28-27(32)20(4)29(17-21-9-8-10-23(15-21)35-5)26(31)18-30(38(33,34)7-2)22-11-12-24-25(16-22)37-14-13-36-24/h8-12,15-16,19-20H,6-7,13-14,17-18H2,1-5H3,(H,28,32). The molecular formula is C27H37N3O7S. The van der Waals surface area contributed by atoms with Crippen molar-refractivity contribution in [3.8, 4) is 17.2 Å². The van der Waals surface area contributed by atoms with E-state index in [1.807, 2.05) is 19.9 Å². The zero-order chi connectivity index (χ0) is 27.9. The highest BCUT2D eigenvalue weighted by molar-refractivity contribution is 7.92. The topological polar surface area (TPSA) is 114 Å². The average molecular weight is 548 g/mol. The zero-order valence-corrected chi connectivity index (χ0v) is 23.4. The third-order valence-corrected chi connectivity index (χ3v) is 8.19. The van der Waals surface area contributed by atoms with Gasteiger partial charge in [0.25, 0.3) is 0 Å². The molecule has 0 bridgehead atoms. The van der Waals surface area contributed by atoms with E-state index in [1.165, 1.54) is 11.8 Å². The second kappa shape index (κ2) is 12.9. The molecule has 0 aromatic heterocycles. The molecule has 1 aliphatic heterocycles. The Hall–Kier alpha value is -3.47. The molecule has 208 valence electrons. The molecule has 2 atom stereocenters. The Labute approximate surface area is 224 Å². The summed E-state index contributed by atoms with van der Waals surface area (Å²) in [5, 5.41) is 2.91. The van der Waals surface area contributed by atoms with Crippen LogP contribution in [0.15, 0.2) is 42.5 Å². The molecule has 2 aromatic rings. The van der Waals surface area contributed by atoms with Gasteiger partial charge in [0.1, 0.15) is 31.5 Å². The number of rotatable bonds is 12. The molecule has 1 heterocycles. The molecule has 38 heavy (non-hydrogen) atoms. The van der Waals surface area contributed by atoms with Gasteiger partial charge in [0, 0.05) is 18.7 Å². The van der Waals surface area contributed by atoms with E-state index >= 15 is 0 Å². The Kier molecular flexibility index (Phi) is 9.84. The van der Waals surface area contributed by atoms with E-state index in [1.54, 1.807) is 50.4 Å². The number of carbonyl (C=O) groups is 2. The van der Waals surface area contributed by atoms with Crippen LogP contribution in [-0.2, 0) is 26.2 Å². The number of fused-ring (bicyclic) bond motifs is 1. The minimum atomic E-state index is -3.85. The molecule has 0 fully saturated rings. The zero-order valence-electron chi connectivity index (χ0n) is 22.6. The lowest BCUT2D eigenvalue weighted by Gasteiger charge is -2.32. The summed E-state index contributed by atoms with van der Waals surface area (Å²) < 4.78 is 43.8. The summed E-state index contributed by atoms with van der Waals surface area (Å²) in [4.78, 5) is 28.2. The third kappa shape index (κ3) is 7.09. The molecule has 1 N–H and O–H groups in total. The van der Waals surface area contributed by atoms with E-state index in [0.717, 1.165) is 16.3 Å². The first-order valence-electron chi connectivity index (χ1n) is 12.7. The van der Waals surface area contributed by atoms with E-state index in [2.05, 4.69) is 5.32 Å². The highest BCUT2D eigenvalue weighted by atomic mass is 32.2. The van der Waals surface area contributed by atoms with Gasteiger partial charge in [-0.2, -0.15) is 0 Å². The fraction of sp³-hybridized carbons (Fsp3) is 0.481. The van der Waals surface area contributed by atoms with E-state index in [9.17, 15) is 18.0 Å². The quantitative estimate of drug-likeness (QED) is 0.435. The predicted octanol–water partition coefficient (Wildman–Crippen LogP) is 2.95. The molecule has 1 aliphatic rings. The number of hydrogen-bond acceptors (Lipinski definition) is 7. The van der Waals surface area contributed by atoms with E-state index in [0.29, 0.717) is 30.5 Å². The summed E-state index contributed by atoms with van der Waals surface area (Å²) in [6, 6.07) is 11.0. The average Bonchev–Trinajstić information content (AvgIpc) is 2.93. The van der Waals surface area contributed by atoms with Crippen molar-refractivity contribution in [3.63, 3.8) is 0 Å². The Morgan fingerprint density at radius 2 is 1.76 bits per heavy atom. The number of nitrogens with zero attached hydrogens (tertiary/aromatic N) is 2. The monoisotopic (exact) mass is 547 g/mol. The lowest BCUT2D eigenvalue weighted by molar-refractivity contribution is -0.139. The first-order chi connectivity index (χ1) is 18.1. The van der Waals surface area contributed by atoms with Gasteiger partial charge in [-0.25, -0.2) is 8.42 Å². The van der Waals surface area contributed by atoms with Crippen LogP contribution in [0.3, 0.4) is 0 Å². The van der Waals surface area contributed by atoms with Crippen LogP contribution < -0.4 is 23.8 Å². The second-order valence-corrected chi connectivity index (χ2v) is 11.3. The molecule has 0 spiro atoms. The van der Waals surface area contributed by atoms with Crippen molar-refractivity contribution < 1.29 is 32.2 Å². The van der Waals surface area contributed by atoms with Crippen LogP contribution in [0.5, 0.6) is 17.2 Å². The number of methoxy groups -OCH3 is 1. The Morgan fingerprint density at radius 1 is 1.05 bits per heavy atom. The van der Waals surface area contributed by atoms with Crippen molar-refractivity contribution in [1.82, 2.24) is 10.2 Å². The van der Waals surface area contributed by atoms with Crippen LogP contribution in [0.1, 0.15) is 39.7 Å². The normalized spacial score (nSPS) is 14.2. The predicted molar refractivity (Wildman–Crippen MR) is 145 cm³/mol. The van der Waals surface area contributed by atoms with Gasteiger partial charge in [-0.15, -0.1) is 0 Å². The molecular weight excluding hydrogens is 510 g/mol. The van der Waals surface area contributed by atoms with Crippen molar-refractivity contribution in [2.24, 2.45) is 0 Å². The number of hydrogen-bond donors (Lipinski definition) is 1. The maximum atomic E-state index is 13.8. The van der Waals surface area contributed by atoms with Gasteiger partial charge in [-0.3, -0.25) is 13.9 Å². The molecule has 0 radical (unpaired) electrons. The van der Waals surface area contributed by atoms with E-state index in [-0.39, 0.29) is 29.9 Å². The fourth-order valence-electron chi connectivity index (χ4n) is 3.92. The van der Waals surface area contributed by atoms with E-state index < -0.39 is 28.5 Å². The Balaban J connectivity index is 1.95. The number of anilines is 1. The molecule has 2 unspecified atom stereocenters. The molecule has 10 nitrogen and oxygen atoms in total. The number of carbonyl (C=O) groups excluding carboxylic acids is 2. The largest absolute Gasteiger partial charge is 0.497 e. The van der Waals surface area contributed by atoms with Gasteiger partial charge in [-0.1, -0.05) is 19.1 Å². The molecule has 3 rings (SSSR count). The highest BCUT2D eigenvalue weighted by Gasteiger charge is 2.32. The van der Waals surface area contributed by atoms with Gasteiger partial charge in [0.15, 0.2) is 11.5 Å². The summed E-state index contributed by atoms with van der Waals surface area (Å²) >= 11 is 0. The number of sulfonamides is 1. The van der Waals surface area contributed by atoms with Crippen LogP contribution in [0.2, 0.25) is 0 Å². The smallest absolute Gasteiger partial charge is 0.244 e. The fourth-order valence-corrected chi connectivity index (χ4v) is 4.98. The highest BCUT2D eigenvalue weighted by Crippen LogP contribution is 2.35. The van der Waals surface area contributed by atoms with Crippen LogP contribution in [0.4, 0.5) is 5.69 Å². The van der Waals surface area contributed by atoms with Crippen LogP contribution in [-0.4, -0.2) is 69.8 Å². The minimum absolute atomic E-state index is 0.0756. The summed E-state index contributed by atoms with van der Waals surface area (Å²) in [7, 11) is -2.31. The lowest BCUT2D eigenvalue weighted by atomic mass is 10.1. The summed E-state index contributed by atoms with van der Waals surface area (Å²) in [6.45, 7) is 7.34. The molecule has 0 saturated heterocycles. The molecule has 11 heteroatoms. The van der Waals surface area contributed by atoms with Crippen molar-refractivity contribution in [2.75, 3.05) is 36.9 Å². The maximum Gasteiger partial charge on any atom is 0.244 e. The minimum Gasteiger partial charge on any atom is -0.497 e. The van der Waals surface area contributed by atoms with Crippen molar-refractivity contribution in [1.29, 1.82) is 0 Å². The first kappa shape index (κ1) is 29.1. The first-order valence-corrected chi connectivity index (χ1v) is 14.3. The molecule has 2 amide bonds. The van der Waals surface area contributed by atoms with Gasteiger partial charge >= 0.3 is 0 Å². The van der Waals surface area contributed by atoms with Gasteiger partial charge in [0.2, 0.25) is 21.8 Å². The lowest BCUT2D eigenvalue weighted by Crippen LogP contribution is -2.52. The summed E-state index contributed by atoms with van der Waals surface area (Å²) in [6.07, 6.45) is 0.731. The van der Waals surface area contributed by atoms with Crippen LogP contribution >= 0.6 is 0 Å². The Morgan fingerprint density at radius 3 is 2.42 bits per heavy atom. The van der Waals surface area contributed by atoms with Crippen molar-refractivity contribution >= 4 is 27.5 Å². The third-order valence-electron chi connectivity index (χ3n) is 6.45. The van der Waals surface area contributed by atoms with Gasteiger partial charge in [-0.05, 0) is 57.0 Å². The number of amides is 2. The summed E-state index contributed by atoms with van der Waals surface area (Å²) in [5.41, 5.74) is 1.02. The van der Waals surface area contributed by atoms with Crippen molar-refractivity contribution in [2.45, 2.75) is 52.7 Å².